The zero-order valence-corrected chi connectivity index (χ0v) is 15.8. The first-order valence-electron chi connectivity index (χ1n) is 8.93. The fraction of sp³-hybridized carbons (Fsp3) is 0.421. The Morgan fingerprint density at radius 3 is 3.12 bits per heavy atom. The summed E-state index contributed by atoms with van der Waals surface area (Å²) in [4.78, 5) is 25.4. The van der Waals surface area contributed by atoms with Crippen molar-refractivity contribution in [2.45, 2.75) is 33.2 Å². The number of hydrogen-bond acceptors (Lipinski definition) is 6. The van der Waals surface area contributed by atoms with Gasteiger partial charge in [-0.05, 0) is 43.4 Å². The summed E-state index contributed by atoms with van der Waals surface area (Å²) in [5.41, 5.74) is 0.954. The van der Waals surface area contributed by atoms with E-state index >= 15 is 0 Å². The van der Waals surface area contributed by atoms with E-state index in [1.807, 2.05) is 24.0 Å². The van der Waals surface area contributed by atoms with E-state index in [1.54, 1.807) is 12.6 Å². The van der Waals surface area contributed by atoms with Crippen LogP contribution in [0.2, 0.25) is 0 Å². The molecule has 3 aromatic rings. The van der Waals surface area contributed by atoms with Gasteiger partial charge in [-0.25, -0.2) is 9.97 Å². The molecule has 1 atom stereocenters. The molecule has 1 fully saturated rings. The third-order valence-electron chi connectivity index (χ3n) is 4.88. The Balaban J connectivity index is 1.63. The topological polar surface area (TPSA) is 71.3 Å². The van der Waals surface area contributed by atoms with E-state index in [4.69, 9.17) is 4.42 Å². The van der Waals surface area contributed by atoms with Crippen molar-refractivity contribution in [3.8, 4) is 0 Å². The first kappa shape index (κ1) is 17.0. The van der Waals surface area contributed by atoms with Gasteiger partial charge in [0.15, 0.2) is 0 Å². The predicted octanol–water partition coefficient (Wildman–Crippen LogP) is 4.08. The average Bonchev–Trinajstić information content (AvgIpc) is 3.28. The standard InChI is InChI=1S/C19H22N4O2S/c1-12-5-3-7-23(10-12)19(24)16-13(2)15-17(21-11-22-18(15)26-16)20-9-14-6-4-8-25-14/h4,6,8,11-12H,3,5,7,9-10H2,1-2H3,(H,20,21,22). The minimum absolute atomic E-state index is 0.119. The van der Waals surface area contributed by atoms with Gasteiger partial charge >= 0.3 is 0 Å². The van der Waals surface area contributed by atoms with Gasteiger partial charge in [-0.2, -0.15) is 0 Å². The van der Waals surface area contributed by atoms with Crippen molar-refractivity contribution >= 4 is 33.3 Å². The molecule has 1 amide bonds. The molecule has 1 saturated heterocycles. The maximum atomic E-state index is 13.0. The SMILES string of the molecule is Cc1c(C(=O)N2CCCC(C)C2)sc2ncnc(NCc3ccco3)c12. The maximum absolute atomic E-state index is 13.0. The molecule has 0 saturated carbocycles. The lowest BCUT2D eigenvalue weighted by Crippen LogP contribution is -2.38. The molecule has 0 spiro atoms. The number of furan rings is 1. The Bertz CT molecular complexity index is 919. The summed E-state index contributed by atoms with van der Waals surface area (Å²) >= 11 is 1.46. The quantitative estimate of drug-likeness (QED) is 0.749. The molecule has 4 heterocycles. The van der Waals surface area contributed by atoms with Crippen molar-refractivity contribution in [3.63, 3.8) is 0 Å². The van der Waals surface area contributed by atoms with Gasteiger partial charge in [-0.3, -0.25) is 4.79 Å². The first-order valence-corrected chi connectivity index (χ1v) is 9.74. The Morgan fingerprint density at radius 2 is 2.35 bits per heavy atom. The van der Waals surface area contributed by atoms with Crippen LogP contribution in [0.1, 0.15) is 40.8 Å². The average molecular weight is 370 g/mol. The second-order valence-corrected chi connectivity index (χ2v) is 7.89. The molecule has 136 valence electrons. The summed E-state index contributed by atoms with van der Waals surface area (Å²) in [6.07, 6.45) is 5.47. The van der Waals surface area contributed by atoms with E-state index in [0.717, 1.165) is 51.7 Å². The first-order chi connectivity index (χ1) is 12.6. The Kier molecular flexibility index (Phi) is 4.63. The number of rotatable bonds is 4. The monoisotopic (exact) mass is 370 g/mol. The third kappa shape index (κ3) is 3.19. The number of aromatic nitrogens is 2. The van der Waals surface area contributed by atoms with Crippen molar-refractivity contribution in [2.75, 3.05) is 18.4 Å². The highest BCUT2D eigenvalue weighted by Crippen LogP contribution is 2.34. The van der Waals surface area contributed by atoms with Gasteiger partial charge in [0.05, 0.1) is 23.1 Å². The van der Waals surface area contributed by atoms with Crippen molar-refractivity contribution < 1.29 is 9.21 Å². The van der Waals surface area contributed by atoms with Crippen LogP contribution in [0.3, 0.4) is 0 Å². The van der Waals surface area contributed by atoms with Crippen LogP contribution in [0.5, 0.6) is 0 Å². The fourth-order valence-electron chi connectivity index (χ4n) is 3.51. The van der Waals surface area contributed by atoms with E-state index in [1.165, 1.54) is 17.8 Å². The van der Waals surface area contributed by atoms with Gasteiger partial charge < -0.3 is 14.6 Å². The molecule has 6 nitrogen and oxygen atoms in total. The number of aryl methyl sites for hydroxylation is 1. The summed E-state index contributed by atoms with van der Waals surface area (Å²) in [7, 11) is 0. The molecule has 1 aliphatic rings. The molecule has 26 heavy (non-hydrogen) atoms. The zero-order chi connectivity index (χ0) is 18.1. The van der Waals surface area contributed by atoms with Gasteiger partial charge in [-0.1, -0.05) is 6.92 Å². The summed E-state index contributed by atoms with van der Waals surface area (Å²) in [6, 6.07) is 3.77. The second-order valence-electron chi connectivity index (χ2n) is 6.89. The molecule has 1 unspecified atom stereocenters. The number of nitrogens with one attached hydrogen (secondary N) is 1. The Labute approximate surface area is 156 Å². The van der Waals surface area contributed by atoms with E-state index in [0.29, 0.717) is 12.5 Å². The smallest absolute Gasteiger partial charge is 0.264 e. The molecule has 1 N–H and O–H groups in total. The molecule has 1 aliphatic heterocycles. The van der Waals surface area contributed by atoms with Crippen molar-refractivity contribution in [1.82, 2.24) is 14.9 Å². The third-order valence-corrected chi connectivity index (χ3v) is 6.06. The van der Waals surface area contributed by atoms with Crippen LogP contribution in [0, 0.1) is 12.8 Å². The van der Waals surface area contributed by atoms with Crippen LogP contribution in [-0.2, 0) is 6.54 Å². The summed E-state index contributed by atoms with van der Waals surface area (Å²) in [6.45, 7) is 6.41. The highest BCUT2D eigenvalue weighted by molar-refractivity contribution is 7.20. The number of hydrogen-bond donors (Lipinski definition) is 1. The van der Waals surface area contributed by atoms with Crippen molar-refractivity contribution in [2.24, 2.45) is 5.92 Å². The van der Waals surface area contributed by atoms with Gasteiger partial charge in [0.2, 0.25) is 0 Å². The maximum Gasteiger partial charge on any atom is 0.264 e. The zero-order valence-electron chi connectivity index (χ0n) is 15.0. The van der Waals surface area contributed by atoms with Crippen LogP contribution in [0.4, 0.5) is 5.82 Å². The Hall–Kier alpha value is -2.41. The molecule has 7 heteroatoms. The summed E-state index contributed by atoms with van der Waals surface area (Å²) < 4.78 is 5.37. The van der Waals surface area contributed by atoms with Crippen molar-refractivity contribution in [3.05, 3.63) is 40.9 Å². The summed E-state index contributed by atoms with van der Waals surface area (Å²) in [5, 5.41) is 4.23. The number of amides is 1. The van der Waals surface area contributed by atoms with Crippen molar-refractivity contribution in [1.29, 1.82) is 0 Å². The number of anilines is 1. The van der Waals surface area contributed by atoms with Gasteiger partial charge in [0.1, 0.15) is 22.7 Å². The molecule has 3 aromatic heterocycles. The van der Waals surface area contributed by atoms with Crippen LogP contribution >= 0.6 is 11.3 Å². The minimum atomic E-state index is 0.119. The number of fused-ring (bicyclic) bond motifs is 1. The van der Waals surface area contributed by atoms with Crippen LogP contribution in [0.15, 0.2) is 29.1 Å². The van der Waals surface area contributed by atoms with Crippen LogP contribution in [0.25, 0.3) is 10.2 Å². The molecule has 4 rings (SSSR count). The molecule has 0 aliphatic carbocycles. The number of carbonyl (C=O) groups is 1. The van der Waals surface area contributed by atoms with Crippen LogP contribution in [-0.4, -0.2) is 33.9 Å². The highest BCUT2D eigenvalue weighted by Gasteiger charge is 2.26. The van der Waals surface area contributed by atoms with E-state index < -0.39 is 0 Å². The normalized spacial score (nSPS) is 17.6. The lowest BCUT2D eigenvalue weighted by Gasteiger charge is -2.30. The number of carbonyl (C=O) groups excluding carboxylic acids is 1. The summed E-state index contributed by atoms with van der Waals surface area (Å²) in [5.74, 6) is 2.26. The predicted molar refractivity (Wildman–Crippen MR) is 102 cm³/mol. The molecule has 0 aromatic carbocycles. The number of piperidine rings is 1. The Morgan fingerprint density at radius 1 is 1.46 bits per heavy atom. The van der Waals surface area contributed by atoms with Crippen LogP contribution < -0.4 is 5.32 Å². The highest BCUT2D eigenvalue weighted by atomic mass is 32.1. The lowest BCUT2D eigenvalue weighted by molar-refractivity contribution is 0.0687. The van der Waals surface area contributed by atoms with E-state index in [2.05, 4.69) is 22.2 Å². The van der Waals surface area contributed by atoms with E-state index in [9.17, 15) is 4.79 Å². The van der Waals surface area contributed by atoms with Gasteiger partial charge in [-0.15, -0.1) is 11.3 Å². The molecular formula is C19H22N4O2S. The van der Waals surface area contributed by atoms with E-state index in [-0.39, 0.29) is 5.91 Å². The largest absolute Gasteiger partial charge is 0.467 e. The number of thiophene rings is 1. The minimum Gasteiger partial charge on any atom is -0.467 e. The second kappa shape index (κ2) is 7.07. The van der Waals surface area contributed by atoms with Gasteiger partial charge in [0.25, 0.3) is 5.91 Å². The number of nitrogens with zero attached hydrogens (tertiary/aromatic N) is 3. The number of likely N-dealkylation sites (tertiary alicyclic amines) is 1. The molecular weight excluding hydrogens is 348 g/mol. The fourth-order valence-corrected chi connectivity index (χ4v) is 4.63. The lowest BCUT2D eigenvalue weighted by atomic mass is 10.00. The molecule has 0 radical (unpaired) electrons. The van der Waals surface area contributed by atoms with Gasteiger partial charge in [0, 0.05) is 13.1 Å². The molecule has 0 bridgehead atoms.